The number of anilines is 1. The molecule has 1 aromatic rings. The Balaban J connectivity index is 1.57. The van der Waals surface area contributed by atoms with Gasteiger partial charge in [0.1, 0.15) is 0 Å². The standard InChI is InChI=1S/C22H28N2O3S/c1-24-20-12-11-18(15-19(20)21(22(24)25)17-9-5-6-10-17)28(26,27)23-14-13-16-7-3-2-4-8-16/h7,11-12,15,23H,2-6,8-10,13-14H2,1H3. The van der Waals surface area contributed by atoms with E-state index in [1.165, 1.54) is 24.0 Å². The van der Waals surface area contributed by atoms with Crippen molar-refractivity contribution in [1.82, 2.24) is 4.72 Å². The van der Waals surface area contributed by atoms with Crippen molar-refractivity contribution >= 4 is 27.2 Å². The Bertz CT molecular complexity index is 952. The van der Waals surface area contributed by atoms with E-state index < -0.39 is 10.0 Å². The number of likely N-dealkylation sites (N-methyl/N-ethyl adjacent to an activating group) is 1. The van der Waals surface area contributed by atoms with Crippen LogP contribution in [-0.2, 0) is 14.8 Å². The second-order valence-corrected chi connectivity index (χ2v) is 9.75. The molecule has 0 atom stereocenters. The van der Waals surface area contributed by atoms with Crippen molar-refractivity contribution < 1.29 is 13.2 Å². The molecule has 0 aromatic heterocycles. The van der Waals surface area contributed by atoms with E-state index in [4.69, 9.17) is 0 Å². The third-order valence-corrected chi connectivity index (χ3v) is 7.57. The van der Waals surface area contributed by atoms with Gasteiger partial charge in [0.25, 0.3) is 5.91 Å². The van der Waals surface area contributed by atoms with E-state index in [9.17, 15) is 13.2 Å². The maximum Gasteiger partial charge on any atom is 0.258 e. The van der Waals surface area contributed by atoms with Crippen LogP contribution in [0.25, 0.3) is 5.57 Å². The fourth-order valence-corrected chi connectivity index (χ4v) is 5.58. The molecule has 0 saturated heterocycles. The summed E-state index contributed by atoms with van der Waals surface area (Å²) in [6.45, 7) is 0.415. The third-order valence-electron chi connectivity index (χ3n) is 6.11. The fraction of sp³-hybridized carbons (Fsp3) is 0.500. The molecule has 28 heavy (non-hydrogen) atoms. The summed E-state index contributed by atoms with van der Waals surface area (Å²) in [5.41, 5.74) is 4.80. The lowest BCUT2D eigenvalue weighted by atomic mass is 9.97. The predicted octanol–water partition coefficient (Wildman–Crippen LogP) is 4.16. The van der Waals surface area contributed by atoms with Gasteiger partial charge in [-0.25, -0.2) is 13.1 Å². The summed E-state index contributed by atoms with van der Waals surface area (Å²) in [7, 11) is -1.84. The second-order valence-electron chi connectivity index (χ2n) is 7.98. The van der Waals surface area contributed by atoms with Gasteiger partial charge in [-0.2, -0.15) is 0 Å². The number of benzene rings is 1. The highest BCUT2D eigenvalue weighted by Gasteiger charge is 2.34. The third kappa shape index (κ3) is 3.67. The molecule has 5 nitrogen and oxygen atoms in total. The molecule has 0 spiro atoms. The minimum Gasteiger partial charge on any atom is -0.311 e. The van der Waals surface area contributed by atoms with Gasteiger partial charge < -0.3 is 4.90 Å². The number of hydrogen-bond acceptors (Lipinski definition) is 3. The summed E-state index contributed by atoms with van der Waals surface area (Å²) >= 11 is 0. The number of carbonyl (C=O) groups is 1. The molecular weight excluding hydrogens is 372 g/mol. The van der Waals surface area contributed by atoms with Gasteiger partial charge in [0.05, 0.1) is 10.6 Å². The SMILES string of the molecule is CN1C(=O)C(=C2CCCC2)c2cc(S(=O)(=O)NCCC3=CCCCC3)ccc21. The highest BCUT2D eigenvalue weighted by atomic mass is 32.2. The monoisotopic (exact) mass is 400 g/mol. The minimum atomic E-state index is -3.59. The second kappa shape index (κ2) is 7.84. The summed E-state index contributed by atoms with van der Waals surface area (Å²) < 4.78 is 28.4. The quantitative estimate of drug-likeness (QED) is 0.596. The Morgan fingerprint density at radius 3 is 2.54 bits per heavy atom. The van der Waals surface area contributed by atoms with Gasteiger partial charge in [-0.05, 0) is 76.0 Å². The van der Waals surface area contributed by atoms with Crippen molar-refractivity contribution in [3.63, 3.8) is 0 Å². The Morgan fingerprint density at radius 1 is 1.07 bits per heavy atom. The van der Waals surface area contributed by atoms with Crippen LogP contribution >= 0.6 is 0 Å². The van der Waals surface area contributed by atoms with Crippen molar-refractivity contribution in [1.29, 1.82) is 0 Å². The maximum atomic E-state index is 12.8. The Hall–Kier alpha value is -1.92. The molecule has 3 aliphatic rings. The Morgan fingerprint density at radius 2 is 1.82 bits per heavy atom. The first-order valence-corrected chi connectivity index (χ1v) is 11.8. The zero-order chi connectivity index (χ0) is 19.7. The first-order valence-electron chi connectivity index (χ1n) is 10.3. The van der Waals surface area contributed by atoms with Crippen molar-refractivity contribution in [2.75, 3.05) is 18.5 Å². The molecule has 1 amide bonds. The van der Waals surface area contributed by atoms with Gasteiger partial charge in [-0.15, -0.1) is 0 Å². The highest BCUT2D eigenvalue weighted by molar-refractivity contribution is 7.89. The van der Waals surface area contributed by atoms with Crippen LogP contribution in [-0.4, -0.2) is 27.9 Å². The van der Waals surface area contributed by atoms with Crippen LogP contribution in [0.4, 0.5) is 5.69 Å². The molecule has 4 rings (SSSR count). The molecule has 2 aliphatic carbocycles. The fourth-order valence-electron chi connectivity index (χ4n) is 4.52. The average molecular weight is 401 g/mol. The molecular formula is C22H28N2O3S. The molecule has 1 N–H and O–H groups in total. The van der Waals surface area contributed by atoms with Crippen LogP contribution in [0.1, 0.15) is 63.4 Å². The van der Waals surface area contributed by atoms with Crippen molar-refractivity contribution in [2.45, 2.75) is 62.7 Å². The number of allylic oxidation sites excluding steroid dienone is 2. The van der Waals surface area contributed by atoms with E-state index in [0.29, 0.717) is 6.54 Å². The van der Waals surface area contributed by atoms with Crippen LogP contribution in [0.5, 0.6) is 0 Å². The molecule has 150 valence electrons. The van der Waals surface area contributed by atoms with E-state index in [1.54, 1.807) is 30.1 Å². The van der Waals surface area contributed by atoms with E-state index in [1.807, 2.05) is 0 Å². The lowest BCUT2D eigenvalue weighted by molar-refractivity contribution is -0.112. The molecule has 1 saturated carbocycles. The summed E-state index contributed by atoms with van der Waals surface area (Å²) in [6, 6.07) is 5.04. The van der Waals surface area contributed by atoms with Crippen LogP contribution in [0.2, 0.25) is 0 Å². The largest absolute Gasteiger partial charge is 0.311 e. The molecule has 1 heterocycles. The number of nitrogens with one attached hydrogen (secondary N) is 1. The van der Waals surface area contributed by atoms with Gasteiger partial charge in [-0.1, -0.05) is 17.2 Å². The number of sulfonamides is 1. The minimum absolute atomic E-state index is 0.0151. The lowest BCUT2D eigenvalue weighted by Crippen LogP contribution is -2.25. The van der Waals surface area contributed by atoms with Crippen LogP contribution < -0.4 is 9.62 Å². The van der Waals surface area contributed by atoms with Crippen LogP contribution in [0, 0.1) is 0 Å². The molecule has 1 aliphatic heterocycles. The summed E-state index contributed by atoms with van der Waals surface area (Å²) in [5, 5.41) is 0. The lowest BCUT2D eigenvalue weighted by Gasteiger charge is -2.14. The summed E-state index contributed by atoms with van der Waals surface area (Å²) in [5.74, 6) is -0.0151. The van der Waals surface area contributed by atoms with Crippen LogP contribution in [0.3, 0.4) is 0 Å². The number of carbonyl (C=O) groups excluding carboxylic acids is 1. The smallest absolute Gasteiger partial charge is 0.258 e. The van der Waals surface area contributed by atoms with Gasteiger partial charge in [0.2, 0.25) is 10.0 Å². The first-order chi connectivity index (χ1) is 13.5. The van der Waals surface area contributed by atoms with Gasteiger partial charge >= 0.3 is 0 Å². The molecule has 0 unspecified atom stereocenters. The Kier molecular flexibility index (Phi) is 5.43. The predicted molar refractivity (Wildman–Crippen MR) is 112 cm³/mol. The van der Waals surface area contributed by atoms with E-state index in [-0.39, 0.29) is 10.8 Å². The van der Waals surface area contributed by atoms with E-state index in [0.717, 1.165) is 61.8 Å². The number of amides is 1. The zero-order valence-electron chi connectivity index (χ0n) is 16.5. The molecule has 0 bridgehead atoms. The Labute approximate surface area is 167 Å². The molecule has 0 radical (unpaired) electrons. The van der Waals surface area contributed by atoms with Crippen molar-refractivity contribution in [3.8, 4) is 0 Å². The summed E-state index contributed by atoms with van der Waals surface area (Å²) in [6.07, 6.45) is 11.7. The molecule has 1 fully saturated rings. The van der Waals surface area contributed by atoms with Crippen LogP contribution in [0.15, 0.2) is 40.3 Å². The molecule has 6 heteroatoms. The summed E-state index contributed by atoms with van der Waals surface area (Å²) in [4.78, 5) is 14.6. The number of fused-ring (bicyclic) bond motifs is 1. The van der Waals surface area contributed by atoms with Gasteiger partial charge in [0, 0.05) is 24.7 Å². The van der Waals surface area contributed by atoms with Crippen molar-refractivity contribution in [3.05, 3.63) is 41.0 Å². The van der Waals surface area contributed by atoms with Gasteiger partial charge in [-0.3, -0.25) is 4.79 Å². The number of hydrogen-bond donors (Lipinski definition) is 1. The number of nitrogens with zero attached hydrogens (tertiary/aromatic N) is 1. The number of rotatable bonds is 5. The van der Waals surface area contributed by atoms with Crippen molar-refractivity contribution in [2.24, 2.45) is 0 Å². The zero-order valence-corrected chi connectivity index (χ0v) is 17.3. The van der Waals surface area contributed by atoms with E-state index >= 15 is 0 Å². The molecule has 1 aromatic carbocycles. The topological polar surface area (TPSA) is 66.5 Å². The maximum absolute atomic E-state index is 12.8. The average Bonchev–Trinajstić information content (AvgIpc) is 3.30. The van der Waals surface area contributed by atoms with E-state index in [2.05, 4.69) is 10.8 Å². The highest BCUT2D eigenvalue weighted by Crippen LogP contribution is 2.42. The first kappa shape index (κ1) is 19.4. The van der Waals surface area contributed by atoms with Gasteiger partial charge in [0.15, 0.2) is 0 Å². The normalized spacial score (nSPS) is 20.0.